The summed E-state index contributed by atoms with van der Waals surface area (Å²) in [7, 11) is 1.54. The molecular weight excluding hydrogens is 320 g/mol. The first-order valence-corrected chi connectivity index (χ1v) is 6.85. The Labute approximate surface area is 126 Å². The fourth-order valence-corrected chi connectivity index (χ4v) is 2.02. The molecule has 0 fully saturated rings. The Kier molecular flexibility index (Phi) is 4.63. The van der Waals surface area contributed by atoms with Gasteiger partial charge in [0.1, 0.15) is 5.75 Å². The topological polar surface area (TPSA) is 64.3 Å². The maximum Gasteiger partial charge on any atom is 0.251 e. The molecule has 0 saturated carbocycles. The lowest BCUT2D eigenvalue weighted by Gasteiger charge is -2.08. The Hall–Kier alpha value is -2.01. The largest absolute Gasteiger partial charge is 0.497 e. The minimum Gasteiger partial charge on any atom is -0.497 e. The molecule has 2 aromatic carbocycles. The molecule has 0 radical (unpaired) electrons. The Balaban J connectivity index is 2.04. The molecule has 2 aromatic rings. The molecule has 4 nitrogen and oxygen atoms in total. The van der Waals surface area contributed by atoms with Crippen LogP contribution in [-0.4, -0.2) is 13.0 Å². The number of hydrogen-bond acceptors (Lipinski definition) is 3. The van der Waals surface area contributed by atoms with Gasteiger partial charge >= 0.3 is 0 Å². The summed E-state index contributed by atoms with van der Waals surface area (Å²) < 4.78 is 6.10. The van der Waals surface area contributed by atoms with Crippen LogP contribution < -0.4 is 15.8 Å². The van der Waals surface area contributed by atoms with E-state index in [4.69, 9.17) is 10.5 Å². The van der Waals surface area contributed by atoms with Gasteiger partial charge in [-0.25, -0.2) is 0 Å². The quantitative estimate of drug-likeness (QED) is 0.845. The molecule has 1 amide bonds. The number of anilines is 1. The third-order valence-corrected chi connectivity index (χ3v) is 3.32. The van der Waals surface area contributed by atoms with E-state index in [0.29, 0.717) is 23.5 Å². The third-order valence-electron chi connectivity index (χ3n) is 2.79. The number of benzene rings is 2. The first kappa shape index (κ1) is 14.4. The number of hydrogen-bond donors (Lipinski definition) is 2. The average Bonchev–Trinajstić information content (AvgIpc) is 2.45. The number of ether oxygens (including phenoxy) is 1. The van der Waals surface area contributed by atoms with Crippen molar-refractivity contribution in [3.63, 3.8) is 0 Å². The fourth-order valence-electron chi connectivity index (χ4n) is 1.76. The zero-order chi connectivity index (χ0) is 14.5. The molecule has 0 aromatic heterocycles. The molecule has 0 saturated heterocycles. The second-order valence-corrected chi connectivity index (χ2v) is 5.22. The highest BCUT2D eigenvalue weighted by molar-refractivity contribution is 9.10. The number of halogens is 1. The van der Waals surface area contributed by atoms with E-state index in [9.17, 15) is 4.79 Å². The van der Waals surface area contributed by atoms with Gasteiger partial charge in [-0.2, -0.15) is 0 Å². The summed E-state index contributed by atoms with van der Waals surface area (Å²) in [6.45, 7) is 0.462. The van der Waals surface area contributed by atoms with E-state index in [0.717, 1.165) is 10.0 Å². The highest BCUT2D eigenvalue weighted by atomic mass is 79.9. The second-order valence-electron chi connectivity index (χ2n) is 4.30. The van der Waals surface area contributed by atoms with Crippen molar-refractivity contribution in [2.75, 3.05) is 12.8 Å². The van der Waals surface area contributed by atoms with Crippen LogP contribution in [0.1, 0.15) is 15.9 Å². The van der Waals surface area contributed by atoms with Crippen molar-refractivity contribution in [1.82, 2.24) is 5.32 Å². The molecule has 3 N–H and O–H groups in total. The fraction of sp³-hybridized carbons (Fsp3) is 0.133. The molecule has 0 bridgehead atoms. The zero-order valence-corrected chi connectivity index (χ0v) is 12.6. The summed E-state index contributed by atoms with van der Waals surface area (Å²) in [5, 5.41) is 2.85. The highest BCUT2D eigenvalue weighted by Crippen LogP contribution is 2.18. The minimum absolute atomic E-state index is 0.182. The van der Waals surface area contributed by atoms with Crippen molar-refractivity contribution >= 4 is 27.5 Å². The first-order chi connectivity index (χ1) is 9.58. The van der Waals surface area contributed by atoms with Crippen molar-refractivity contribution in [1.29, 1.82) is 0 Å². The van der Waals surface area contributed by atoms with Crippen molar-refractivity contribution in [2.45, 2.75) is 6.54 Å². The van der Waals surface area contributed by atoms with Crippen LogP contribution in [0.4, 0.5) is 5.69 Å². The van der Waals surface area contributed by atoms with E-state index >= 15 is 0 Å². The summed E-state index contributed by atoms with van der Waals surface area (Å²) in [6.07, 6.45) is 0. The number of amides is 1. The standard InChI is InChI=1S/C15H15BrN2O2/c1-20-14-7-11(6-13(17)8-14)15(19)18-9-10-2-4-12(16)5-3-10/h2-8H,9,17H2,1H3,(H,18,19). The van der Waals surface area contributed by atoms with E-state index in [-0.39, 0.29) is 5.91 Å². The van der Waals surface area contributed by atoms with Crippen LogP contribution in [0, 0.1) is 0 Å². The number of nitrogens with one attached hydrogen (secondary N) is 1. The predicted octanol–water partition coefficient (Wildman–Crippen LogP) is 2.97. The molecule has 0 heterocycles. The minimum atomic E-state index is -0.182. The van der Waals surface area contributed by atoms with E-state index < -0.39 is 0 Å². The monoisotopic (exact) mass is 334 g/mol. The van der Waals surface area contributed by atoms with Gasteiger partial charge in [0.05, 0.1) is 7.11 Å². The molecule has 0 unspecified atom stereocenters. The van der Waals surface area contributed by atoms with Crippen molar-refractivity contribution < 1.29 is 9.53 Å². The number of nitrogen functional groups attached to an aromatic ring is 1. The SMILES string of the molecule is COc1cc(N)cc(C(=O)NCc2ccc(Br)cc2)c1. The van der Waals surface area contributed by atoms with Crippen LogP contribution >= 0.6 is 15.9 Å². The van der Waals surface area contributed by atoms with E-state index in [1.54, 1.807) is 18.2 Å². The van der Waals surface area contributed by atoms with Crippen molar-refractivity contribution in [3.05, 3.63) is 58.1 Å². The van der Waals surface area contributed by atoms with Gasteiger partial charge in [-0.15, -0.1) is 0 Å². The van der Waals surface area contributed by atoms with Crippen LogP contribution in [0.5, 0.6) is 5.75 Å². The molecule has 0 atom stereocenters. The Bertz CT molecular complexity index is 612. The van der Waals surface area contributed by atoms with Gasteiger partial charge in [0.15, 0.2) is 0 Å². The summed E-state index contributed by atoms with van der Waals surface area (Å²) in [5.41, 5.74) is 7.74. The van der Waals surface area contributed by atoms with E-state index in [2.05, 4.69) is 21.2 Å². The summed E-state index contributed by atoms with van der Waals surface area (Å²) in [6, 6.07) is 12.7. The normalized spacial score (nSPS) is 10.1. The van der Waals surface area contributed by atoms with Gasteiger partial charge in [0, 0.05) is 28.3 Å². The van der Waals surface area contributed by atoms with Gasteiger partial charge < -0.3 is 15.8 Å². The predicted molar refractivity (Wildman–Crippen MR) is 82.7 cm³/mol. The lowest BCUT2D eigenvalue weighted by molar-refractivity contribution is 0.0950. The zero-order valence-electron chi connectivity index (χ0n) is 11.0. The Morgan fingerprint density at radius 2 is 1.95 bits per heavy atom. The maximum absolute atomic E-state index is 12.1. The van der Waals surface area contributed by atoms with Crippen molar-refractivity contribution in [3.8, 4) is 5.75 Å². The molecule has 0 aliphatic carbocycles. The van der Waals surface area contributed by atoms with Crippen LogP contribution in [0.3, 0.4) is 0 Å². The molecule has 20 heavy (non-hydrogen) atoms. The van der Waals surface area contributed by atoms with Crippen LogP contribution in [0.2, 0.25) is 0 Å². The lowest BCUT2D eigenvalue weighted by Crippen LogP contribution is -2.22. The summed E-state index contributed by atoms with van der Waals surface area (Å²) in [4.78, 5) is 12.1. The average molecular weight is 335 g/mol. The van der Waals surface area contributed by atoms with Crippen molar-refractivity contribution in [2.24, 2.45) is 0 Å². The molecule has 104 valence electrons. The maximum atomic E-state index is 12.1. The number of rotatable bonds is 4. The molecule has 0 aliphatic heterocycles. The smallest absolute Gasteiger partial charge is 0.251 e. The first-order valence-electron chi connectivity index (χ1n) is 6.05. The van der Waals surface area contributed by atoms with Gasteiger partial charge in [-0.3, -0.25) is 4.79 Å². The van der Waals surface area contributed by atoms with Gasteiger partial charge in [0.25, 0.3) is 5.91 Å². The molecule has 5 heteroatoms. The Morgan fingerprint density at radius 3 is 2.60 bits per heavy atom. The Morgan fingerprint density at radius 1 is 1.25 bits per heavy atom. The molecular formula is C15H15BrN2O2. The highest BCUT2D eigenvalue weighted by Gasteiger charge is 2.08. The van der Waals surface area contributed by atoms with Gasteiger partial charge in [-0.1, -0.05) is 28.1 Å². The van der Waals surface area contributed by atoms with Crippen LogP contribution in [0.25, 0.3) is 0 Å². The second kappa shape index (κ2) is 6.43. The van der Waals surface area contributed by atoms with Crippen LogP contribution in [-0.2, 0) is 6.54 Å². The number of carbonyl (C=O) groups is 1. The van der Waals surface area contributed by atoms with Gasteiger partial charge in [-0.05, 0) is 29.8 Å². The van der Waals surface area contributed by atoms with E-state index in [1.165, 1.54) is 7.11 Å². The molecule has 2 rings (SSSR count). The van der Waals surface area contributed by atoms with Gasteiger partial charge in [0.2, 0.25) is 0 Å². The molecule has 0 aliphatic rings. The number of nitrogens with two attached hydrogens (primary N) is 1. The summed E-state index contributed by atoms with van der Waals surface area (Å²) >= 11 is 3.37. The lowest BCUT2D eigenvalue weighted by atomic mass is 10.1. The van der Waals surface area contributed by atoms with Crippen LogP contribution in [0.15, 0.2) is 46.9 Å². The number of methoxy groups -OCH3 is 1. The summed E-state index contributed by atoms with van der Waals surface area (Å²) in [5.74, 6) is 0.386. The van der Waals surface area contributed by atoms with E-state index in [1.807, 2.05) is 24.3 Å². The number of carbonyl (C=O) groups excluding carboxylic acids is 1. The molecule has 0 spiro atoms. The third kappa shape index (κ3) is 3.74.